The Morgan fingerprint density at radius 1 is 1.25 bits per heavy atom. The van der Waals surface area contributed by atoms with Crippen LogP contribution in [0.25, 0.3) is 0 Å². The van der Waals surface area contributed by atoms with Crippen molar-refractivity contribution in [2.24, 2.45) is 0 Å². The summed E-state index contributed by atoms with van der Waals surface area (Å²) in [6, 6.07) is 10.7. The molecule has 1 aromatic heterocycles. The summed E-state index contributed by atoms with van der Waals surface area (Å²) in [6.07, 6.45) is 0. The molecule has 1 aromatic carbocycles. The van der Waals surface area contributed by atoms with E-state index < -0.39 is 0 Å². The van der Waals surface area contributed by atoms with Crippen LogP contribution < -0.4 is 14.8 Å². The molecule has 0 aliphatic heterocycles. The van der Waals surface area contributed by atoms with Crippen LogP contribution in [0.5, 0.6) is 11.5 Å². The summed E-state index contributed by atoms with van der Waals surface area (Å²) in [6.45, 7) is 5.60. The van der Waals surface area contributed by atoms with Crippen molar-refractivity contribution in [3.63, 3.8) is 0 Å². The van der Waals surface area contributed by atoms with Gasteiger partial charge in [-0.2, -0.15) is 0 Å². The molecule has 0 bridgehead atoms. The first-order valence-electron chi connectivity index (χ1n) is 6.81. The summed E-state index contributed by atoms with van der Waals surface area (Å²) in [5, 5.41) is 5.63. The summed E-state index contributed by atoms with van der Waals surface area (Å²) >= 11 is 1.78. The largest absolute Gasteiger partial charge is 0.493 e. The van der Waals surface area contributed by atoms with Crippen LogP contribution in [0.15, 0.2) is 35.7 Å². The topological polar surface area (TPSA) is 30.5 Å². The molecule has 2 rings (SSSR count). The van der Waals surface area contributed by atoms with Gasteiger partial charge in [-0.05, 0) is 43.0 Å². The van der Waals surface area contributed by atoms with E-state index in [1.165, 1.54) is 10.4 Å². The zero-order valence-corrected chi connectivity index (χ0v) is 13.0. The minimum atomic E-state index is 0.354. The fourth-order valence-electron chi connectivity index (χ4n) is 2.01. The first-order valence-corrected chi connectivity index (χ1v) is 7.69. The lowest BCUT2D eigenvalue weighted by Gasteiger charge is -2.14. The number of benzene rings is 1. The highest BCUT2D eigenvalue weighted by Gasteiger charge is 2.08. The average molecular weight is 291 g/mol. The van der Waals surface area contributed by atoms with E-state index in [-0.39, 0.29) is 0 Å². The molecule has 1 atom stereocenters. The zero-order valence-electron chi connectivity index (χ0n) is 12.2. The molecule has 1 unspecified atom stereocenters. The lowest BCUT2D eigenvalue weighted by molar-refractivity contribution is 0.310. The highest BCUT2D eigenvalue weighted by molar-refractivity contribution is 7.10. The highest BCUT2D eigenvalue weighted by atomic mass is 32.1. The minimum absolute atomic E-state index is 0.354. The predicted molar refractivity (Wildman–Crippen MR) is 83.7 cm³/mol. The first kappa shape index (κ1) is 14.9. The number of ether oxygens (including phenoxy) is 2. The maximum Gasteiger partial charge on any atom is 0.161 e. The molecule has 4 heteroatoms. The second-order valence-corrected chi connectivity index (χ2v) is 5.52. The Morgan fingerprint density at radius 3 is 2.75 bits per heavy atom. The standard InChI is InChI=1S/C16H21NO2S/c1-4-19-15-10-13(7-8-14(15)18-3)11-17-12(2)16-6-5-9-20-16/h5-10,12,17H,4,11H2,1-3H3. The second kappa shape index (κ2) is 7.31. The van der Waals surface area contributed by atoms with Crippen LogP contribution in [0.4, 0.5) is 0 Å². The molecule has 2 aromatic rings. The van der Waals surface area contributed by atoms with Gasteiger partial charge in [0.05, 0.1) is 13.7 Å². The van der Waals surface area contributed by atoms with E-state index in [1.807, 2.05) is 19.1 Å². The molecular formula is C16H21NO2S. The molecule has 1 N–H and O–H groups in total. The van der Waals surface area contributed by atoms with Crippen molar-refractivity contribution in [1.29, 1.82) is 0 Å². The highest BCUT2D eigenvalue weighted by Crippen LogP contribution is 2.28. The minimum Gasteiger partial charge on any atom is -0.493 e. The fourth-order valence-corrected chi connectivity index (χ4v) is 2.77. The second-order valence-electron chi connectivity index (χ2n) is 4.54. The van der Waals surface area contributed by atoms with Crippen molar-refractivity contribution in [1.82, 2.24) is 5.32 Å². The number of hydrogen-bond acceptors (Lipinski definition) is 4. The van der Waals surface area contributed by atoms with E-state index >= 15 is 0 Å². The van der Waals surface area contributed by atoms with E-state index in [1.54, 1.807) is 18.4 Å². The van der Waals surface area contributed by atoms with Crippen molar-refractivity contribution in [3.05, 3.63) is 46.2 Å². The molecule has 0 saturated heterocycles. The Balaban J connectivity index is 2.00. The van der Waals surface area contributed by atoms with Crippen molar-refractivity contribution in [2.45, 2.75) is 26.4 Å². The maximum absolute atomic E-state index is 5.60. The first-order chi connectivity index (χ1) is 9.74. The maximum atomic E-state index is 5.60. The Kier molecular flexibility index (Phi) is 5.44. The van der Waals surface area contributed by atoms with Crippen molar-refractivity contribution in [3.8, 4) is 11.5 Å². The molecule has 0 aliphatic carbocycles. The van der Waals surface area contributed by atoms with Crippen molar-refractivity contribution >= 4 is 11.3 Å². The molecule has 0 fully saturated rings. The van der Waals surface area contributed by atoms with E-state index in [9.17, 15) is 0 Å². The molecule has 20 heavy (non-hydrogen) atoms. The van der Waals surface area contributed by atoms with Crippen LogP contribution in [-0.4, -0.2) is 13.7 Å². The van der Waals surface area contributed by atoms with E-state index in [2.05, 4.69) is 35.8 Å². The summed E-state index contributed by atoms with van der Waals surface area (Å²) in [7, 11) is 1.66. The van der Waals surface area contributed by atoms with Gasteiger partial charge in [-0.1, -0.05) is 12.1 Å². The molecule has 0 spiro atoms. The number of methoxy groups -OCH3 is 1. The number of rotatable bonds is 7. The Labute approximate surface area is 124 Å². The van der Waals surface area contributed by atoms with Gasteiger partial charge in [0.15, 0.2) is 11.5 Å². The molecule has 1 heterocycles. The SMILES string of the molecule is CCOc1cc(CNC(C)c2cccs2)ccc1OC. The smallest absolute Gasteiger partial charge is 0.161 e. The van der Waals surface area contributed by atoms with Crippen LogP contribution in [0.3, 0.4) is 0 Å². The van der Waals surface area contributed by atoms with Crippen LogP contribution in [0, 0.1) is 0 Å². The van der Waals surface area contributed by atoms with Crippen LogP contribution in [-0.2, 0) is 6.54 Å². The zero-order chi connectivity index (χ0) is 14.4. The molecule has 108 valence electrons. The molecule has 0 radical (unpaired) electrons. The van der Waals surface area contributed by atoms with Crippen LogP contribution >= 0.6 is 11.3 Å². The molecule has 0 saturated carbocycles. The van der Waals surface area contributed by atoms with Gasteiger partial charge in [0.1, 0.15) is 0 Å². The summed E-state index contributed by atoms with van der Waals surface area (Å²) in [5.74, 6) is 1.58. The van der Waals surface area contributed by atoms with Crippen LogP contribution in [0.2, 0.25) is 0 Å². The van der Waals surface area contributed by atoms with Crippen LogP contribution in [0.1, 0.15) is 30.3 Å². The number of thiophene rings is 1. The fraction of sp³-hybridized carbons (Fsp3) is 0.375. The number of hydrogen-bond donors (Lipinski definition) is 1. The van der Waals surface area contributed by atoms with Gasteiger partial charge in [-0.15, -0.1) is 11.3 Å². The van der Waals surface area contributed by atoms with E-state index in [4.69, 9.17) is 9.47 Å². The molecule has 0 aliphatic rings. The quantitative estimate of drug-likeness (QED) is 0.836. The predicted octanol–water partition coefficient (Wildman–Crippen LogP) is 4.01. The average Bonchev–Trinajstić information content (AvgIpc) is 2.99. The molecular weight excluding hydrogens is 270 g/mol. The van der Waals surface area contributed by atoms with E-state index in [0.29, 0.717) is 12.6 Å². The van der Waals surface area contributed by atoms with Crippen molar-refractivity contribution in [2.75, 3.05) is 13.7 Å². The van der Waals surface area contributed by atoms with Gasteiger partial charge in [-0.3, -0.25) is 0 Å². The van der Waals surface area contributed by atoms with Gasteiger partial charge in [0, 0.05) is 17.5 Å². The normalized spacial score (nSPS) is 12.2. The van der Waals surface area contributed by atoms with Crippen molar-refractivity contribution < 1.29 is 9.47 Å². The Hall–Kier alpha value is -1.52. The third kappa shape index (κ3) is 3.74. The van der Waals surface area contributed by atoms with E-state index in [0.717, 1.165) is 18.0 Å². The monoisotopic (exact) mass is 291 g/mol. The van der Waals surface area contributed by atoms with Gasteiger partial charge < -0.3 is 14.8 Å². The van der Waals surface area contributed by atoms with Gasteiger partial charge in [-0.25, -0.2) is 0 Å². The Bertz CT molecular complexity index is 525. The summed E-state index contributed by atoms with van der Waals surface area (Å²) in [4.78, 5) is 1.35. The van der Waals surface area contributed by atoms with Gasteiger partial charge in [0.25, 0.3) is 0 Å². The molecule has 0 amide bonds. The summed E-state index contributed by atoms with van der Waals surface area (Å²) in [5.41, 5.74) is 1.19. The molecule has 3 nitrogen and oxygen atoms in total. The summed E-state index contributed by atoms with van der Waals surface area (Å²) < 4.78 is 10.9. The number of nitrogens with one attached hydrogen (secondary N) is 1. The lowest BCUT2D eigenvalue weighted by atomic mass is 10.2. The third-order valence-electron chi connectivity index (χ3n) is 3.11. The third-order valence-corrected chi connectivity index (χ3v) is 4.17. The van der Waals surface area contributed by atoms with Gasteiger partial charge >= 0.3 is 0 Å². The lowest BCUT2D eigenvalue weighted by Crippen LogP contribution is -2.17. The van der Waals surface area contributed by atoms with Gasteiger partial charge in [0.2, 0.25) is 0 Å². The Morgan fingerprint density at radius 2 is 2.10 bits per heavy atom.